The zero-order valence-corrected chi connectivity index (χ0v) is 21.6. The molecule has 178 valence electrons. The van der Waals surface area contributed by atoms with Crippen molar-refractivity contribution in [3.05, 3.63) is 35.4 Å². The summed E-state index contributed by atoms with van der Waals surface area (Å²) in [5.41, 5.74) is 2.28. The minimum atomic E-state index is -0.0583. The number of aliphatic imine (C=N–C) groups is 1. The molecule has 0 atom stereocenters. The molecule has 1 amide bonds. The van der Waals surface area contributed by atoms with Crippen molar-refractivity contribution in [1.82, 2.24) is 15.5 Å². The first kappa shape index (κ1) is 26.4. The Morgan fingerprint density at radius 2 is 1.94 bits per heavy atom. The SMILES string of the molecule is CCNC(=NCc1cccc(CN2CCCC2=O)c1)NC1CCC(C(=O)OCC)CC1.I. The van der Waals surface area contributed by atoms with Crippen molar-refractivity contribution in [2.24, 2.45) is 10.9 Å². The van der Waals surface area contributed by atoms with Crippen molar-refractivity contribution < 1.29 is 14.3 Å². The molecule has 1 aliphatic heterocycles. The minimum absolute atomic E-state index is 0. The largest absolute Gasteiger partial charge is 0.466 e. The molecule has 1 heterocycles. The van der Waals surface area contributed by atoms with E-state index < -0.39 is 0 Å². The summed E-state index contributed by atoms with van der Waals surface area (Å²) in [6.45, 7) is 7.26. The van der Waals surface area contributed by atoms with Crippen molar-refractivity contribution in [1.29, 1.82) is 0 Å². The molecular weight excluding hydrogens is 519 g/mol. The van der Waals surface area contributed by atoms with Gasteiger partial charge in [0.25, 0.3) is 0 Å². The summed E-state index contributed by atoms with van der Waals surface area (Å²) in [5.74, 6) is 1.03. The monoisotopic (exact) mass is 556 g/mol. The maximum atomic E-state index is 11.9. The van der Waals surface area contributed by atoms with E-state index in [1.165, 1.54) is 0 Å². The van der Waals surface area contributed by atoms with Gasteiger partial charge in [-0.2, -0.15) is 0 Å². The van der Waals surface area contributed by atoms with Crippen LogP contribution >= 0.6 is 24.0 Å². The first-order chi connectivity index (χ1) is 15.1. The Hall–Kier alpha value is -1.84. The second-order valence-electron chi connectivity index (χ2n) is 8.38. The number of esters is 1. The number of hydrogen-bond donors (Lipinski definition) is 2. The molecule has 32 heavy (non-hydrogen) atoms. The van der Waals surface area contributed by atoms with E-state index in [1.807, 2.05) is 17.9 Å². The van der Waals surface area contributed by atoms with Gasteiger partial charge >= 0.3 is 5.97 Å². The Labute approximate surface area is 208 Å². The predicted molar refractivity (Wildman–Crippen MR) is 137 cm³/mol. The van der Waals surface area contributed by atoms with Gasteiger partial charge in [-0.15, -0.1) is 24.0 Å². The van der Waals surface area contributed by atoms with E-state index in [1.54, 1.807) is 0 Å². The number of halogens is 1. The summed E-state index contributed by atoms with van der Waals surface area (Å²) in [6.07, 6.45) is 5.21. The van der Waals surface area contributed by atoms with Crippen LogP contribution in [0.2, 0.25) is 0 Å². The molecule has 2 aliphatic rings. The summed E-state index contributed by atoms with van der Waals surface area (Å²) < 4.78 is 5.16. The average molecular weight is 556 g/mol. The molecule has 0 radical (unpaired) electrons. The van der Waals surface area contributed by atoms with E-state index in [-0.39, 0.29) is 41.8 Å². The highest BCUT2D eigenvalue weighted by Gasteiger charge is 2.27. The number of likely N-dealkylation sites (tertiary alicyclic amines) is 1. The standard InChI is InChI=1S/C24H36N4O3.HI/c1-3-25-24(27-21-12-10-20(11-13-21)23(30)31-4-2)26-16-18-7-5-8-19(15-18)17-28-14-6-9-22(28)29;/h5,7-8,15,20-21H,3-4,6,9-14,16-17H2,1-2H3,(H2,25,26,27);1H. The molecule has 0 aromatic heterocycles. The van der Waals surface area contributed by atoms with Crippen LogP contribution in [0.25, 0.3) is 0 Å². The lowest BCUT2D eigenvalue weighted by molar-refractivity contribution is -0.149. The average Bonchev–Trinajstić information content (AvgIpc) is 3.17. The van der Waals surface area contributed by atoms with Gasteiger partial charge in [0.2, 0.25) is 5.91 Å². The van der Waals surface area contributed by atoms with E-state index in [2.05, 4.69) is 35.8 Å². The van der Waals surface area contributed by atoms with Gasteiger partial charge in [0.1, 0.15) is 0 Å². The summed E-state index contributed by atoms with van der Waals surface area (Å²) in [6, 6.07) is 8.65. The van der Waals surface area contributed by atoms with Crippen molar-refractivity contribution in [2.45, 2.75) is 71.5 Å². The number of carbonyl (C=O) groups excluding carboxylic acids is 2. The molecule has 7 nitrogen and oxygen atoms in total. The molecule has 1 aromatic rings. The van der Waals surface area contributed by atoms with E-state index >= 15 is 0 Å². The normalized spacial score (nSPS) is 21.1. The zero-order chi connectivity index (χ0) is 22.1. The molecule has 2 N–H and O–H groups in total. The second-order valence-corrected chi connectivity index (χ2v) is 8.38. The lowest BCUT2D eigenvalue weighted by atomic mass is 9.86. The predicted octanol–water partition coefficient (Wildman–Crippen LogP) is 3.60. The number of rotatable bonds is 8. The Bertz CT molecular complexity index is 778. The van der Waals surface area contributed by atoms with Crippen LogP contribution in [0.1, 0.15) is 63.5 Å². The molecule has 3 rings (SSSR count). The van der Waals surface area contributed by atoms with Gasteiger partial charge in [-0.3, -0.25) is 9.59 Å². The fraction of sp³-hybridized carbons (Fsp3) is 0.625. The Balaban J connectivity index is 0.00000363. The molecule has 0 bridgehead atoms. The van der Waals surface area contributed by atoms with Crippen LogP contribution in [0.15, 0.2) is 29.3 Å². The second kappa shape index (κ2) is 13.6. The van der Waals surface area contributed by atoms with Gasteiger partial charge in [-0.25, -0.2) is 4.99 Å². The molecule has 1 aromatic carbocycles. The highest BCUT2D eigenvalue weighted by molar-refractivity contribution is 14.0. The van der Waals surface area contributed by atoms with Crippen molar-refractivity contribution in [3.63, 3.8) is 0 Å². The van der Waals surface area contributed by atoms with E-state index in [9.17, 15) is 9.59 Å². The van der Waals surface area contributed by atoms with Crippen LogP contribution in [0.5, 0.6) is 0 Å². The van der Waals surface area contributed by atoms with Gasteiger partial charge in [-0.05, 0) is 57.1 Å². The number of amides is 1. The fourth-order valence-electron chi connectivity index (χ4n) is 4.34. The van der Waals surface area contributed by atoms with Crippen LogP contribution in [0.4, 0.5) is 0 Å². The first-order valence-electron chi connectivity index (χ1n) is 11.7. The number of ether oxygens (including phenoxy) is 1. The quantitative estimate of drug-likeness (QED) is 0.221. The molecule has 8 heteroatoms. The third-order valence-corrected chi connectivity index (χ3v) is 5.99. The summed E-state index contributed by atoms with van der Waals surface area (Å²) in [7, 11) is 0. The first-order valence-corrected chi connectivity index (χ1v) is 11.7. The molecule has 0 spiro atoms. The van der Waals surface area contributed by atoms with Gasteiger partial charge in [-0.1, -0.05) is 24.3 Å². The van der Waals surface area contributed by atoms with Crippen LogP contribution in [-0.4, -0.2) is 48.5 Å². The molecule has 2 fully saturated rings. The van der Waals surface area contributed by atoms with E-state index in [0.717, 1.165) is 62.3 Å². The lowest BCUT2D eigenvalue weighted by Gasteiger charge is -2.29. The van der Waals surface area contributed by atoms with E-state index in [0.29, 0.717) is 32.2 Å². The summed E-state index contributed by atoms with van der Waals surface area (Å²) in [5, 5.41) is 6.86. The highest BCUT2D eigenvalue weighted by Crippen LogP contribution is 2.25. The van der Waals surface area contributed by atoms with Crippen molar-refractivity contribution in [2.75, 3.05) is 19.7 Å². The van der Waals surface area contributed by atoms with Gasteiger partial charge in [0, 0.05) is 32.1 Å². The van der Waals surface area contributed by atoms with Crippen LogP contribution in [0, 0.1) is 5.92 Å². The number of nitrogens with zero attached hydrogens (tertiary/aromatic N) is 2. The third kappa shape index (κ3) is 7.94. The summed E-state index contributed by atoms with van der Waals surface area (Å²) in [4.78, 5) is 30.5. The Morgan fingerprint density at radius 1 is 1.19 bits per heavy atom. The van der Waals surface area contributed by atoms with Crippen LogP contribution < -0.4 is 10.6 Å². The maximum absolute atomic E-state index is 11.9. The third-order valence-electron chi connectivity index (χ3n) is 5.99. The number of nitrogens with one attached hydrogen (secondary N) is 2. The number of benzene rings is 1. The van der Waals surface area contributed by atoms with Crippen LogP contribution in [0.3, 0.4) is 0 Å². The minimum Gasteiger partial charge on any atom is -0.466 e. The lowest BCUT2D eigenvalue weighted by Crippen LogP contribution is -2.45. The molecule has 1 saturated heterocycles. The van der Waals surface area contributed by atoms with Gasteiger partial charge in [0.15, 0.2) is 5.96 Å². The summed E-state index contributed by atoms with van der Waals surface area (Å²) >= 11 is 0. The molecule has 1 saturated carbocycles. The molecule has 0 unspecified atom stereocenters. The Kier molecular flexibility index (Phi) is 11.3. The van der Waals surface area contributed by atoms with Gasteiger partial charge in [0.05, 0.1) is 19.1 Å². The molecular formula is C24H37IN4O3. The highest BCUT2D eigenvalue weighted by atomic mass is 127. The molecule has 1 aliphatic carbocycles. The topological polar surface area (TPSA) is 83.0 Å². The van der Waals surface area contributed by atoms with Gasteiger partial charge < -0.3 is 20.3 Å². The fourth-order valence-corrected chi connectivity index (χ4v) is 4.34. The number of carbonyl (C=O) groups is 2. The smallest absolute Gasteiger partial charge is 0.308 e. The number of guanidine groups is 1. The Morgan fingerprint density at radius 3 is 2.59 bits per heavy atom. The maximum Gasteiger partial charge on any atom is 0.308 e. The van der Waals surface area contributed by atoms with Crippen LogP contribution in [-0.2, 0) is 27.4 Å². The number of hydrogen-bond acceptors (Lipinski definition) is 4. The van der Waals surface area contributed by atoms with Crippen molar-refractivity contribution >= 4 is 41.8 Å². The van der Waals surface area contributed by atoms with E-state index in [4.69, 9.17) is 9.73 Å². The zero-order valence-electron chi connectivity index (χ0n) is 19.3. The van der Waals surface area contributed by atoms with Crippen molar-refractivity contribution in [3.8, 4) is 0 Å².